The molecule has 0 aliphatic carbocycles. The molecular weight excluding hydrogens is 412 g/mol. The summed E-state index contributed by atoms with van der Waals surface area (Å²) in [7, 11) is 0. The van der Waals surface area contributed by atoms with Gasteiger partial charge >= 0.3 is 0 Å². The molecule has 5 rings (SSSR count). The molecule has 0 atom stereocenters. The Hall–Kier alpha value is -3.32. The molecule has 6 nitrogen and oxygen atoms in total. The summed E-state index contributed by atoms with van der Waals surface area (Å²) >= 11 is 1.46. The van der Waals surface area contributed by atoms with E-state index in [1.54, 1.807) is 24.3 Å². The second-order valence-electron chi connectivity index (χ2n) is 7.61. The topological polar surface area (TPSA) is 67.9 Å². The third kappa shape index (κ3) is 4.14. The van der Waals surface area contributed by atoms with Crippen LogP contribution in [0.3, 0.4) is 0 Å². The van der Waals surface area contributed by atoms with Crippen LogP contribution in [0.5, 0.6) is 11.5 Å². The summed E-state index contributed by atoms with van der Waals surface area (Å²) in [5, 5.41) is 2.93. The molecule has 0 bridgehead atoms. The predicted octanol–water partition coefficient (Wildman–Crippen LogP) is 4.56. The van der Waals surface area contributed by atoms with Crippen LogP contribution in [-0.2, 0) is 11.4 Å². The number of para-hydroxylation sites is 1. The van der Waals surface area contributed by atoms with Crippen LogP contribution in [-0.4, -0.2) is 36.4 Å². The number of hydrogen-bond acceptors (Lipinski definition) is 5. The van der Waals surface area contributed by atoms with Crippen molar-refractivity contribution in [2.45, 2.75) is 19.4 Å². The second-order valence-corrected chi connectivity index (χ2v) is 8.66. The van der Waals surface area contributed by atoms with E-state index in [0.29, 0.717) is 22.9 Å². The molecule has 1 N–H and O–H groups in total. The number of nitrogens with one attached hydrogen (secondary N) is 1. The Bertz CT molecular complexity index is 1130. The van der Waals surface area contributed by atoms with Gasteiger partial charge in [0.15, 0.2) is 6.61 Å². The van der Waals surface area contributed by atoms with E-state index < -0.39 is 0 Å². The molecule has 31 heavy (non-hydrogen) atoms. The van der Waals surface area contributed by atoms with Gasteiger partial charge in [-0.15, -0.1) is 11.3 Å². The first-order chi connectivity index (χ1) is 15.2. The number of likely N-dealkylation sites (tertiary alicyclic amines) is 1. The second kappa shape index (κ2) is 8.43. The third-order valence-corrected chi connectivity index (χ3v) is 6.67. The minimum absolute atomic E-state index is 0.00129. The zero-order valence-corrected chi connectivity index (χ0v) is 17.7. The lowest BCUT2D eigenvalue weighted by molar-refractivity contribution is -0.132. The summed E-state index contributed by atoms with van der Waals surface area (Å²) in [6.07, 6.45) is 2.11. The van der Waals surface area contributed by atoms with Gasteiger partial charge in [0.05, 0.1) is 4.88 Å². The van der Waals surface area contributed by atoms with Gasteiger partial charge in [0.1, 0.15) is 18.1 Å². The maximum atomic E-state index is 12.9. The lowest BCUT2D eigenvalue weighted by Gasteiger charge is -2.16. The zero-order chi connectivity index (χ0) is 21.2. The standard InChI is InChI=1S/C24H22N2O4S/c27-22(26-10-3-4-11-26)15-29-18-7-5-6-17(13-18)25-24(28)21-12-16-14-30-20-9-2-1-8-19(20)23(16)31-21/h1-2,5-9,12-13H,3-4,10-11,14-15H2,(H,25,28). The molecule has 3 heterocycles. The van der Waals surface area contributed by atoms with Gasteiger partial charge in [-0.1, -0.05) is 18.2 Å². The fraction of sp³-hybridized carbons (Fsp3) is 0.250. The zero-order valence-electron chi connectivity index (χ0n) is 16.9. The molecule has 1 saturated heterocycles. The number of benzene rings is 2. The molecule has 158 valence electrons. The van der Waals surface area contributed by atoms with Gasteiger partial charge in [0.25, 0.3) is 11.8 Å². The highest BCUT2D eigenvalue weighted by molar-refractivity contribution is 7.17. The Kier molecular flexibility index (Phi) is 5.34. The molecule has 2 aliphatic rings. The van der Waals surface area contributed by atoms with Crippen molar-refractivity contribution in [3.63, 3.8) is 0 Å². The summed E-state index contributed by atoms with van der Waals surface area (Å²) in [6, 6.07) is 16.9. The largest absolute Gasteiger partial charge is 0.488 e. The van der Waals surface area contributed by atoms with Gasteiger partial charge in [0, 0.05) is 40.8 Å². The van der Waals surface area contributed by atoms with E-state index >= 15 is 0 Å². The van der Waals surface area contributed by atoms with Crippen LogP contribution in [0.25, 0.3) is 10.4 Å². The van der Waals surface area contributed by atoms with E-state index in [1.165, 1.54) is 11.3 Å². The van der Waals surface area contributed by atoms with Crippen LogP contribution in [0.1, 0.15) is 28.1 Å². The summed E-state index contributed by atoms with van der Waals surface area (Å²) in [6.45, 7) is 2.08. The minimum Gasteiger partial charge on any atom is -0.488 e. The number of nitrogens with zero attached hydrogens (tertiary/aromatic N) is 1. The summed E-state index contributed by atoms with van der Waals surface area (Å²) < 4.78 is 11.4. The fourth-order valence-corrected chi connectivity index (χ4v) is 4.96. The maximum absolute atomic E-state index is 12.9. The highest BCUT2D eigenvalue weighted by Gasteiger charge is 2.22. The first kappa shape index (κ1) is 19.6. The maximum Gasteiger partial charge on any atom is 0.265 e. The van der Waals surface area contributed by atoms with Crippen molar-refractivity contribution in [2.75, 3.05) is 25.0 Å². The molecule has 1 fully saturated rings. The number of hydrogen-bond donors (Lipinski definition) is 1. The Labute approximate surface area is 184 Å². The lowest BCUT2D eigenvalue weighted by atomic mass is 10.1. The van der Waals surface area contributed by atoms with E-state index in [-0.39, 0.29) is 18.4 Å². The van der Waals surface area contributed by atoms with Gasteiger partial charge in [-0.05, 0) is 43.2 Å². The molecule has 0 radical (unpaired) electrons. The summed E-state index contributed by atoms with van der Waals surface area (Å²) in [5.74, 6) is 1.22. The number of thiophene rings is 1. The molecule has 2 amide bonds. The van der Waals surface area contributed by atoms with Gasteiger partial charge in [-0.3, -0.25) is 9.59 Å². The summed E-state index contributed by atoms with van der Waals surface area (Å²) in [5.41, 5.74) is 2.66. The van der Waals surface area contributed by atoms with Crippen LogP contribution in [0, 0.1) is 0 Å². The van der Waals surface area contributed by atoms with Crippen molar-refractivity contribution >= 4 is 28.8 Å². The molecular formula is C24H22N2O4S. The molecule has 2 aromatic carbocycles. The fourth-order valence-electron chi connectivity index (χ4n) is 3.87. The van der Waals surface area contributed by atoms with Gasteiger partial charge in [0.2, 0.25) is 0 Å². The molecule has 0 spiro atoms. The smallest absolute Gasteiger partial charge is 0.265 e. The first-order valence-corrected chi connectivity index (χ1v) is 11.2. The molecule has 0 saturated carbocycles. The SMILES string of the molecule is O=C(Nc1cccc(OCC(=O)N2CCCC2)c1)c1cc2c(s1)-c1ccccc1OC2. The van der Waals surface area contributed by atoms with Gasteiger partial charge in [-0.25, -0.2) is 0 Å². The average Bonchev–Trinajstić information content (AvgIpc) is 3.48. The van der Waals surface area contributed by atoms with Crippen LogP contribution in [0.4, 0.5) is 5.69 Å². The quantitative estimate of drug-likeness (QED) is 0.639. The van der Waals surface area contributed by atoms with Crippen molar-refractivity contribution < 1.29 is 19.1 Å². The van der Waals surface area contributed by atoms with E-state index in [0.717, 1.165) is 47.7 Å². The third-order valence-electron chi connectivity index (χ3n) is 5.46. The van der Waals surface area contributed by atoms with Gasteiger partial charge < -0.3 is 19.7 Å². The van der Waals surface area contributed by atoms with E-state index in [4.69, 9.17) is 9.47 Å². The summed E-state index contributed by atoms with van der Waals surface area (Å²) in [4.78, 5) is 28.5. The minimum atomic E-state index is -0.179. The van der Waals surface area contributed by atoms with E-state index in [9.17, 15) is 9.59 Å². The Morgan fingerprint density at radius 3 is 2.77 bits per heavy atom. The van der Waals surface area contributed by atoms with Crippen molar-refractivity contribution in [3.05, 3.63) is 65.0 Å². The molecule has 0 unspecified atom stereocenters. The average molecular weight is 435 g/mol. The molecule has 3 aromatic rings. The van der Waals surface area contributed by atoms with Crippen molar-refractivity contribution in [2.24, 2.45) is 0 Å². The first-order valence-electron chi connectivity index (χ1n) is 10.3. The van der Waals surface area contributed by atoms with E-state index in [2.05, 4.69) is 5.32 Å². The number of ether oxygens (including phenoxy) is 2. The van der Waals surface area contributed by atoms with Crippen LogP contribution in [0.15, 0.2) is 54.6 Å². The number of fused-ring (bicyclic) bond motifs is 3. The Morgan fingerprint density at radius 1 is 1.06 bits per heavy atom. The van der Waals surface area contributed by atoms with Crippen LogP contribution >= 0.6 is 11.3 Å². The van der Waals surface area contributed by atoms with E-state index in [1.807, 2.05) is 35.2 Å². The monoisotopic (exact) mass is 434 g/mol. The number of anilines is 1. The predicted molar refractivity (Wildman–Crippen MR) is 120 cm³/mol. The van der Waals surface area contributed by atoms with Crippen LogP contribution in [0.2, 0.25) is 0 Å². The Balaban J connectivity index is 1.26. The van der Waals surface area contributed by atoms with Gasteiger partial charge in [-0.2, -0.15) is 0 Å². The van der Waals surface area contributed by atoms with Crippen molar-refractivity contribution in [1.29, 1.82) is 0 Å². The Morgan fingerprint density at radius 2 is 1.90 bits per heavy atom. The van der Waals surface area contributed by atoms with Crippen molar-refractivity contribution in [1.82, 2.24) is 4.90 Å². The van der Waals surface area contributed by atoms with Crippen LogP contribution < -0.4 is 14.8 Å². The normalized spacial score (nSPS) is 14.4. The molecule has 7 heteroatoms. The lowest BCUT2D eigenvalue weighted by Crippen LogP contribution is -2.32. The van der Waals surface area contributed by atoms with Crippen molar-refractivity contribution in [3.8, 4) is 21.9 Å². The highest BCUT2D eigenvalue weighted by Crippen LogP contribution is 2.42. The highest BCUT2D eigenvalue weighted by atomic mass is 32.1. The number of carbonyl (C=O) groups excluding carboxylic acids is 2. The number of rotatable bonds is 5. The molecule has 1 aromatic heterocycles. The molecule has 2 aliphatic heterocycles. The number of amides is 2. The number of carbonyl (C=O) groups is 2.